The van der Waals surface area contributed by atoms with Gasteiger partial charge >= 0.3 is 5.97 Å². The van der Waals surface area contributed by atoms with E-state index in [2.05, 4.69) is 0 Å². The summed E-state index contributed by atoms with van der Waals surface area (Å²) >= 11 is 5.57. The summed E-state index contributed by atoms with van der Waals surface area (Å²) in [5.74, 6) is -1.39. The van der Waals surface area contributed by atoms with E-state index < -0.39 is 11.8 Å². The third-order valence-electron chi connectivity index (χ3n) is 2.17. The Morgan fingerprint density at radius 2 is 2.25 bits per heavy atom. The van der Waals surface area contributed by atoms with Crippen molar-refractivity contribution in [1.29, 1.82) is 0 Å². The molecule has 0 fully saturated rings. The third-order valence-corrected chi connectivity index (χ3v) is 2.47. The Morgan fingerprint density at radius 3 is 2.88 bits per heavy atom. The second-order valence-electron chi connectivity index (χ2n) is 3.61. The highest BCUT2D eigenvalue weighted by Crippen LogP contribution is 2.19. The molecule has 16 heavy (non-hydrogen) atoms. The van der Waals surface area contributed by atoms with Crippen LogP contribution in [0.4, 0.5) is 4.39 Å². The van der Waals surface area contributed by atoms with E-state index in [1.807, 2.05) is 6.92 Å². The molecule has 1 rings (SSSR count). The zero-order chi connectivity index (χ0) is 12.1. The second kappa shape index (κ2) is 5.85. The van der Waals surface area contributed by atoms with Crippen LogP contribution in [0.5, 0.6) is 0 Å². The summed E-state index contributed by atoms with van der Waals surface area (Å²) in [7, 11) is 0. The fourth-order valence-corrected chi connectivity index (χ4v) is 1.55. The number of carbonyl (C=O) groups excluding carboxylic acids is 1. The van der Waals surface area contributed by atoms with Crippen LogP contribution in [0.3, 0.4) is 0 Å². The molecule has 0 aliphatic rings. The summed E-state index contributed by atoms with van der Waals surface area (Å²) in [6.45, 7) is 3.77. The zero-order valence-corrected chi connectivity index (χ0v) is 10.1. The highest BCUT2D eigenvalue weighted by atomic mass is 35.5. The maximum atomic E-state index is 13.5. The van der Waals surface area contributed by atoms with Gasteiger partial charge in [0.1, 0.15) is 0 Å². The van der Waals surface area contributed by atoms with Crippen molar-refractivity contribution in [2.24, 2.45) is 0 Å². The van der Waals surface area contributed by atoms with Crippen molar-refractivity contribution in [2.45, 2.75) is 32.8 Å². The lowest BCUT2D eigenvalue weighted by atomic mass is 10.2. The first-order valence-corrected chi connectivity index (χ1v) is 5.59. The first kappa shape index (κ1) is 13.0. The number of halogens is 2. The van der Waals surface area contributed by atoms with Gasteiger partial charge in [0.15, 0.2) is 5.82 Å². The highest BCUT2D eigenvalue weighted by molar-refractivity contribution is 6.31. The summed E-state index contributed by atoms with van der Waals surface area (Å²) in [5.41, 5.74) is -0.115. The fraction of sp³-hybridized carbons (Fsp3) is 0.417. The molecular formula is C12H14ClFO2. The van der Waals surface area contributed by atoms with Gasteiger partial charge in [-0.3, -0.25) is 0 Å². The molecule has 0 bridgehead atoms. The molecule has 0 N–H and O–H groups in total. The molecule has 0 spiro atoms. The van der Waals surface area contributed by atoms with Gasteiger partial charge in [-0.05, 0) is 25.5 Å². The minimum Gasteiger partial charge on any atom is -0.459 e. The van der Waals surface area contributed by atoms with Crippen molar-refractivity contribution >= 4 is 17.6 Å². The van der Waals surface area contributed by atoms with E-state index in [4.69, 9.17) is 16.3 Å². The summed E-state index contributed by atoms with van der Waals surface area (Å²) < 4.78 is 18.5. The minimum atomic E-state index is -0.724. The van der Waals surface area contributed by atoms with Gasteiger partial charge in [-0.2, -0.15) is 0 Å². The second-order valence-corrected chi connectivity index (χ2v) is 4.01. The lowest BCUT2D eigenvalue weighted by molar-refractivity contribution is 0.0318. The number of ether oxygens (including phenoxy) is 1. The molecular weight excluding hydrogens is 231 g/mol. The summed E-state index contributed by atoms with van der Waals surface area (Å²) in [5, 5.41) is -0.0717. The van der Waals surface area contributed by atoms with Crippen LogP contribution in [-0.4, -0.2) is 12.1 Å². The van der Waals surface area contributed by atoms with E-state index in [1.54, 1.807) is 6.92 Å². The maximum Gasteiger partial charge on any atom is 0.341 e. The predicted molar refractivity (Wildman–Crippen MR) is 61.2 cm³/mol. The van der Waals surface area contributed by atoms with Crippen LogP contribution in [-0.2, 0) is 4.74 Å². The van der Waals surface area contributed by atoms with Crippen molar-refractivity contribution in [1.82, 2.24) is 0 Å². The Kier molecular flexibility index (Phi) is 4.74. The Hall–Kier alpha value is -1.09. The van der Waals surface area contributed by atoms with Gasteiger partial charge in [-0.25, -0.2) is 9.18 Å². The molecule has 0 aromatic heterocycles. The minimum absolute atomic E-state index is 0.0717. The molecule has 1 aromatic rings. The molecule has 4 heteroatoms. The number of benzene rings is 1. The molecule has 0 aliphatic heterocycles. The highest BCUT2D eigenvalue weighted by Gasteiger charge is 2.17. The average Bonchev–Trinajstić information content (AvgIpc) is 2.22. The van der Waals surface area contributed by atoms with Gasteiger partial charge in [0.05, 0.1) is 16.7 Å². The van der Waals surface area contributed by atoms with Gasteiger partial charge in [-0.1, -0.05) is 31.0 Å². The van der Waals surface area contributed by atoms with E-state index in [9.17, 15) is 9.18 Å². The van der Waals surface area contributed by atoms with Crippen LogP contribution in [0.15, 0.2) is 18.2 Å². The quantitative estimate of drug-likeness (QED) is 0.753. The number of esters is 1. The smallest absolute Gasteiger partial charge is 0.341 e. The Balaban J connectivity index is 2.77. The largest absolute Gasteiger partial charge is 0.459 e. The molecule has 0 saturated carbocycles. The average molecular weight is 245 g/mol. The Labute approximate surface area is 99.4 Å². The van der Waals surface area contributed by atoms with Crippen LogP contribution in [0, 0.1) is 5.82 Å². The van der Waals surface area contributed by atoms with Crippen LogP contribution in [0.1, 0.15) is 37.0 Å². The van der Waals surface area contributed by atoms with Crippen LogP contribution >= 0.6 is 11.6 Å². The maximum absolute atomic E-state index is 13.5. The van der Waals surface area contributed by atoms with Gasteiger partial charge < -0.3 is 4.74 Å². The first-order chi connectivity index (χ1) is 7.56. The summed E-state index contributed by atoms with van der Waals surface area (Å²) in [6.07, 6.45) is 1.45. The van der Waals surface area contributed by atoms with Crippen LogP contribution in [0.25, 0.3) is 0 Å². The van der Waals surface area contributed by atoms with E-state index in [1.165, 1.54) is 18.2 Å². The monoisotopic (exact) mass is 244 g/mol. The molecule has 1 atom stereocenters. The van der Waals surface area contributed by atoms with Crippen LogP contribution in [0.2, 0.25) is 5.02 Å². The molecule has 2 nitrogen and oxygen atoms in total. The van der Waals surface area contributed by atoms with Gasteiger partial charge in [0.25, 0.3) is 0 Å². The van der Waals surface area contributed by atoms with Crippen molar-refractivity contribution in [2.75, 3.05) is 0 Å². The zero-order valence-electron chi connectivity index (χ0n) is 9.30. The standard InChI is InChI=1S/C12H14ClFO2/c1-3-5-8(2)16-12(15)9-6-4-7-10(13)11(9)14/h4,6-8H,3,5H2,1-2H3. The van der Waals surface area contributed by atoms with Crippen molar-refractivity contribution in [3.63, 3.8) is 0 Å². The number of hydrogen-bond donors (Lipinski definition) is 0. The lowest BCUT2D eigenvalue weighted by Gasteiger charge is -2.12. The summed E-state index contributed by atoms with van der Waals surface area (Å²) in [6, 6.07) is 4.28. The van der Waals surface area contributed by atoms with E-state index in [-0.39, 0.29) is 16.7 Å². The van der Waals surface area contributed by atoms with Gasteiger partial charge in [0, 0.05) is 0 Å². The first-order valence-electron chi connectivity index (χ1n) is 5.21. The molecule has 0 aliphatic carbocycles. The third kappa shape index (κ3) is 3.20. The predicted octanol–water partition coefficient (Wildman–Crippen LogP) is 3.82. The molecule has 0 radical (unpaired) electrons. The lowest BCUT2D eigenvalue weighted by Crippen LogP contribution is -2.16. The topological polar surface area (TPSA) is 26.3 Å². The number of hydrogen-bond acceptors (Lipinski definition) is 2. The molecule has 0 heterocycles. The van der Waals surface area contributed by atoms with E-state index in [0.717, 1.165) is 12.8 Å². The Bertz CT molecular complexity index is 379. The van der Waals surface area contributed by atoms with E-state index in [0.29, 0.717) is 0 Å². The van der Waals surface area contributed by atoms with Crippen molar-refractivity contribution in [3.8, 4) is 0 Å². The fourth-order valence-electron chi connectivity index (χ4n) is 1.37. The van der Waals surface area contributed by atoms with E-state index >= 15 is 0 Å². The molecule has 88 valence electrons. The number of rotatable bonds is 4. The van der Waals surface area contributed by atoms with Crippen molar-refractivity contribution < 1.29 is 13.9 Å². The normalized spacial score (nSPS) is 12.2. The molecule has 0 amide bonds. The van der Waals surface area contributed by atoms with Gasteiger partial charge in [0.2, 0.25) is 0 Å². The molecule has 1 aromatic carbocycles. The molecule has 0 saturated heterocycles. The SMILES string of the molecule is CCCC(C)OC(=O)c1cccc(Cl)c1F. The summed E-state index contributed by atoms with van der Waals surface area (Å²) in [4.78, 5) is 11.6. The molecule has 1 unspecified atom stereocenters. The number of carbonyl (C=O) groups is 1. The van der Waals surface area contributed by atoms with Gasteiger partial charge in [-0.15, -0.1) is 0 Å². The van der Waals surface area contributed by atoms with Crippen molar-refractivity contribution in [3.05, 3.63) is 34.6 Å². The van der Waals surface area contributed by atoms with Crippen LogP contribution < -0.4 is 0 Å². The Morgan fingerprint density at radius 1 is 1.56 bits per heavy atom.